The van der Waals surface area contributed by atoms with Gasteiger partial charge in [-0.15, -0.1) is 0 Å². The molecule has 26 heavy (non-hydrogen) atoms. The Hall–Kier alpha value is -2.53. The molecule has 0 saturated carbocycles. The molecule has 0 aromatic heterocycles. The molecular formula is C20H22ClNO4. The molecule has 0 radical (unpaired) electrons. The standard InChI is InChI=1S/C20H22ClNO4/c1-3-18(23)17-12-15(21)6-9-19(17)26-13-20(24)22-11-10-14-4-7-16(25-2)8-5-14/h4-9,12H,3,10-11,13H2,1-2H3,(H,22,24). The predicted molar refractivity (Wildman–Crippen MR) is 101 cm³/mol. The van der Waals surface area contributed by atoms with E-state index in [0.717, 1.165) is 11.3 Å². The second-order valence-electron chi connectivity index (χ2n) is 5.65. The van der Waals surface area contributed by atoms with Crippen LogP contribution in [0, 0.1) is 0 Å². The molecule has 0 fully saturated rings. The summed E-state index contributed by atoms with van der Waals surface area (Å²) in [6.07, 6.45) is 1.04. The van der Waals surface area contributed by atoms with Gasteiger partial charge in [0.1, 0.15) is 11.5 Å². The highest BCUT2D eigenvalue weighted by atomic mass is 35.5. The summed E-state index contributed by atoms with van der Waals surface area (Å²) in [7, 11) is 1.62. The molecule has 0 unspecified atom stereocenters. The first kappa shape index (κ1) is 19.8. The van der Waals surface area contributed by atoms with Crippen LogP contribution in [0.3, 0.4) is 0 Å². The van der Waals surface area contributed by atoms with Crippen molar-refractivity contribution in [1.82, 2.24) is 5.32 Å². The van der Waals surface area contributed by atoms with Gasteiger partial charge in [-0.05, 0) is 42.3 Å². The number of ether oxygens (including phenoxy) is 2. The summed E-state index contributed by atoms with van der Waals surface area (Å²) >= 11 is 5.93. The van der Waals surface area contributed by atoms with Crippen LogP contribution in [0.5, 0.6) is 11.5 Å². The average molecular weight is 376 g/mol. The van der Waals surface area contributed by atoms with Crippen LogP contribution in [0.1, 0.15) is 29.3 Å². The maximum absolute atomic E-state index is 12.0. The van der Waals surface area contributed by atoms with Crippen molar-refractivity contribution in [2.24, 2.45) is 0 Å². The van der Waals surface area contributed by atoms with Gasteiger partial charge in [0.15, 0.2) is 12.4 Å². The van der Waals surface area contributed by atoms with Gasteiger partial charge < -0.3 is 14.8 Å². The highest BCUT2D eigenvalue weighted by Crippen LogP contribution is 2.24. The predicted octanol–water partition coefficient (Wildman–Crippen LogP) is 3.68. The smallest absolute Gasteiger partial charge is 0.257 e. The SMILES string of the molecule is CCC(=O)c1cc(Cl)ccc1OCC(=O)NCCc1ccc(OC)cc1. The van der Waals surface area contributed by atoms with E-state index in [1.54, 1.807) is 32.2 Å². The Labute approximate surface area is 158 Å². The lowest BCUT2D eigenvalue weighted by molar-refractivity contribution is -0.123. The third-order valence-electron chi connectivity index (χ3n) is 3.82. The normalized spacial score (nSPS) is 10.3. The van der Waals surface area contributed by atoms with Gasteiger partial charge in [-0.3, -0.25) is 9.59 Å². The van der Waals surface area contributed by atoms with Crippen molar-refractivity contribution in [3.05, 3.63) is 58.6 Å². The second kappa shape index (κ2) is 9.82. The van der Waals surface area contributed by atoms with Gasteiger partial charge in [0.2, 0.25) is 0 Å². The minimum Gasteiger partial charge on any atom is -0.497 e. The monoisotopic (exact) mass is 375 g/mol. The number of amides is 1. The molecule has 1 amide bonds. The van der Waals surface area contributed by atoms with Crippen molar-refractivity contribution in [3.8, 4) is 11.5 Å². The number of Topliss-reactive ketones (excluding diaryl/α,β-unsaturated/α-hetero) is 1. The zero-order chi connectivity index (χ0) is 18.9. The molecule has 2 aromatic rings. The number of halogens is 1. The first-order valence-electron chi connectivity index (χ1n) is 8.38. The van der Waals surface area contributed by atoms with Crippen molar-refractivity contribution >= 4 is 23.3 Å². The van der Waals surface area contributed by atoms with E-state index < -0.39 is 0 Å². The van der Waals surface area contributed by atoms with Crippen LogP contribution >= 0.6 is 11.6 Å². The molecule has 1 N–H and O–H groups in total. The topological polar surface area (TPSA) is 64.6 Å². The first-order valence-corrected chi connectivity index (χ1v) is 8.76. The zero-order valence-corrected chi connectivity index (χ0v) is 15.6. The van der Waals surface area contributed by atoms with Gasteiger partial charge in [0.25, 0.3) is 5.91 Å². The number of carbonyl (C=O) groups is 2. The summed E-state index contributed by atoms with van der Waals surface area (Å²) in [5, 5.41) is 3.25. The van der Waals surface area contributed by atoms with Crippen molar-refractivity contribution in [2.75, 3.05) is 20.3 Å². The maximum Gasteiger partial charge on any atom is 0.257 e. The van der Waals surface area contributed by atoms with E-state index in [1.807, 2.05) is 24.3 Å². The Morgan fingerprint density at radius 2 is 1.85 bits per heavy atom. The van der Waals surface area contributed by atoms with Crippen LogP contribution < -0.4 is 14.8 Å². The first-order chi connectivity index (χ1) is 12.5. The van der Waals surface area contributed by atoms with Crippen LogP contribution in [-0.4, -0.2) is 32.0 Å². The minimum absolute atomic E-state index is 0.0811. The van der Waals surface area contributed by atoms with Gasteiger partial charge in [0, 0.05) is 18.0 Å². The van der Waals surface area contributed by atoms with E-state index in [2.05, 4.69) is 5.32 Å². The summed E-state index contributed by atoms with van der Waals surface area (Å²) in [6, 6.07) is 12.5. The summed E-state index contributed by atoms with van der Waals surface area (Å²) in [4.78, 5) is 23.9. The zero-order valence-electron chi connectivity index (χ0n) is 14.9. The highest BCUT2D eigenvalue weighted by Gasteiger charge is 2.13. The molecule has 0 saturated heterocycles. The van der Waals surface area contributed by atoms with Gasteiger partial charge in [-0.1, -0.05) is 30.7 Å². The van der Waals surface area contributed by atoms with Crippen LogP contribution in [0.4, 0.5) is 0 Å². The Morgan fingerprint density at radius 3 is 2.50 bits per heavy atom. The molecule has 2 rings (SSSR count). The number of nitrogens with one attached hydrogen (secondary N) is 1. The fourth-order valence-electron chi connectivity index (χ4n) is 2.37. The Bertz CT molecular complexity index is 759. The number of rotatable bonds is 9. The molecule has 5 nitrogen and oxygen atoms in total. The van der Waals surface area contributed by atoms with E-state index in [4.69, 9.17) is 21.1 Å². The molecule has 0 aliphatic carbocycles. The summed E-state index contributed by atoms with van der Waals surface area (Å²) < 4.78 is 10.6. The van der Waals surface area contributed by atoms with Gasteiger partial charge in [-0.2, -0.15) is 0 Å². The largest absolute Gasteiger partial charge is 0.497 e. The van der Waals surface area contributed by atoms with Gasteiger partial charge in [-0.25, -0.2) is 0 Å². The van der Waals surface area contributed by atoms with Crippen LogP contribution in [0.15, 0.2) is 42.5 Å². The number of carbonyl (C=O) groups excluding carboxylic acids is 2. The third-order valence-corrected chi connectivity index (χ3v) is 4.05. The lowest BCUT2D eigenvalue weighted by Gasteiger charge is -2.11. The van der Waals surface area contributed by atoms with Crippen molar-refractivity contribution in [1.29, 1.82) is 0 Å². The van der Waals surface area contributed by atoms with E-state index in [1.165, 1.54) is 0 Å². The van der Waals surface area contributed by atoms with Crippen molar-refractivity contribution < 1.29 is 19.1 Å². The summed E-state index contributed by atoms with van der Waals surface area (Å²) in [6.45, 7) is 2.10. The molecule has 0 aliphatic rings. The molecule has 0 spiro atoms. The summed E-state index contributed by atoms with van der Waals surface area (Å²) in [5.74, 6) is 0.837. The molecule has 0 bridgehead atoms. The number of benzene rings is 2. The Balaban J connectivity index is 1.82. The van der Waals surface area contributed by atoms with E-state index in [0.29, 0.717) is 35.7 Å². The maximum atomic E-state index is 12.0. The van der Waals surface area contributed by atoms with E-state index in [9.17, 15) is 9.59 Å². The van der Waals surface area contributed by atoms with E-state index in [-0.39, 0.29) is 18.3 Å². The minimum atomic E-state index is -0.247. The number of ketones is 1. The van der Waals surface area contributed by atoms with Crippen LogP contribution in [0.25, 0.3) is 0 Å². The number of hydrogen-bond donors (Lipinski definition) is 1. The van der Waals surface area contributed by atoms with E-state index >= 15 is 0 Å². The molecule has 0 heterocycles. The van der Waals surface area contributed by atoms with Gasteiger partial charge >= 0.3 is 0 Å². The molecule has 6 heteroatoms. The van der Waals surface area contributed by atoms with Crippen molar-refractivity contribution in [2.45, 2.75) is 19.8 Å². The number of hydrogen-bond acceptors (Lipinski definition) is 4. The van der Waals surface area contributed by atoms with Crippen molar-refractivity contribution in [3.63, 3.8) is 0 Å². The summed E-state index contributed by atoms with van der Waals surface area (Å²) in [5.41, 5.74) is 1.49. The molecule has 138 valence electrons. The lowest BCUT2D eigenvalue weighted by Crippen LogP contribution is -2.30. The van der Waals surface area contributed by atoms with Crippen LogP contribution in [0.2, 0.25) is 5.02 Å². The molecule has 0 atom stereocenters. The fraction of sp³-hybridized carbons (Fsp3) is 0.300. The van der Waals surface area contributed by atoms with Gasteiger partial charge in [0.05, 0.1) is 12.7 Å². The number of methoxy groups -OCH3 is 1. The lowest BCUT2D eigenvalue weighted by atomic mass is 10.1. The average Bonchev–Trinajstić information content (AvgIpc) is 2.66. The Morgan fingerprint density at radius 1 is 1.12 bits per heavy atom. The third kappa shape index (κ3) is 5.77. The molecule has 2 aromatic carbocycles. The van der Waals surface area contributed by atoms with Crippen LogP contribution in [-0.2, 0) is 11.2 Å². The fourth-order valence-corrected chi connectivity index (χ4v) is 2.54. The molecular weight excluding hydrogens is 354 g/mol. The quantitative estimate of drug-likeness (QED) is 0.679. The Kier molecular flexibility index (Phi) is 7.48. The second-order valence-corrected chi connectivity index (χ2v) is 6.09. The highest BCUT2D eigenvalue weighted by molar-refractivity contribution is 6.31. The molecule has 0 aliphatic heterocycles.